The molecule has 1 unspecified atom stereocenters. The maximum atomic E-state index is 12.5. The van der Waals surface area contributed by atoms with E-state index in [4.69, 9.17) is 0 Å². The maximum Gasteiger partial charge on any atom is 0.488 e. The number of pyridine rings is 1. The molecular weight excluding hydrogens is 299 g/mol. The van der Waals surface area contributed by atoms with Crippen molar-refractivity contribution in [1.82, 2.24) is 9.88 Å². The second-order valence-electron chi connectivity index (χ2n) is 5.84. The number of aromatic nitrogens is 1. The number of carbonyl (C=O) groups is 1. The molecule has 1 aromatic rings. The van der Waals surface area contributed by atoms with Gasteiger partial charge < -0.3 is 9.08 Å². The quantitative estimate of drug-likeness (QED) is 0.795. The van der Waals surface area contributed by atoms with Crippen molar-refractivity contribution < 1.29 is 21.3 Å². The Labute approximate surface area is 124 Å². The van der Waals surface area contributed by atoms with Crippen LogP contribution in [0.15, 0.2) is 18.5 Å². The second-order valence-corrected chi connectivity index (χ2v) is 6.80. The van der Waals surface area contributed by atoms with Crippen molar-refractivity contribution in [2.75, 3.05) is 7.05 Å². The summed E-state index contributed by atoms with van der Waals surface area (Å²) in [5.41, 5.74) is -0.0106. The number of hydrogen-bond donors (Lipinski definition) is 0. The van der Waals surface area contributed by atoms with Crippen molar-refractivity contribution in [3.05, 3.63) is 24.0 Å². The molecule has 1 amide bonds. The van der Waals surface area contributed by atoms with E-state index in [0.29, 0.717) is 0 Å². The molecule has 0 aliphatic carbocycles. The number of halogens is 1. The van der Waals surface area contributed by atoms with E-state index in [1.54, 1.807) is 7.05 Å². The van der Waals surface area contributed by atoms with Gasteiger partial charge in [-0.2, -0.15) is 8.42 Å². The van der Waals surface area contributed by atoms with E-state index >= 15 is 0 Å². The van der Waals surface area contributed by atoms with Gasteiger partial charge in [-0.1, -0.05) is 24.7 Å². The first-order valence-corrected chi connectivity index (χ1v) is 7.59. The van der Waals surface area contributed by atoms with Crippen molar-refractivity contribution in [3.8, 4) is 5.75 Å². The first-order chi connectivity index (χ1) is 9.42. The normalized spacial score (nSPS) is 13.6. The predicted octanol–water partition coefficient (Wildman–Crippen LogP) is 2.18. The van der Waals surface area contributed by atoms with Gasteiger partial charge in [0.05, 0.1) is 11.8 Å². The third kappa shape index (κ3) is 4.96. The second kappa shape index (κ2) is 5.97. The van der Waals surface area contributed by atoms with Crippen molar-refractivity contribution in [3.63, 3.8) is 0 Å². The van der Waals surface area contributed by atoms with E-state index < -0.39 is 10.5 Å². The Morgan fingerprint density at radius 1 is 1.38 bits per heavy atom. The van der Waals surface area contributed by atoms with E-state index in [9.17, 15) is 17.1 Å². The molecular formula is C13H19FN2O4S. The molecule has 0 saturated carbocycles. The minimum atomic E-state index is -5.14. The molecule has 8 heteroatoms. The SMILES string of the molecule is CC(N(C)C(=O)c1cncc(OS(=O)(=O)F)c1)C(C)(C)C. The van der Waals surface area contributed by atoms with E-state index in [0.717, 1.165) is 12.3 Å². The van der Waals surface area contributed by atoms with E-state index in [2.05, 4.69) is 9.17 Å². The highest BCUT2D eigenvalue weighted by atomic mass is 32.3. The summed E-state index contributed by atoms with van der Waals surface area (Å²) in [5.74, 6) is -0.702. The molecule has 0 fully saturated rings. The zero-order chi connectivity index (χ0) is 16.4. The van der Waals surface area contributed by atoms with Gasteiger partial charge in [0, 0.05) is 19.3 Å². The van der Waals surface area contributed by atoms with Crippen LogP contribution in [0.5, 0.6) is 5.75 Å². The topological polar surface area (TPSA) is 76.6 Å². The summed E-state index contributed by atoms with van der Waals surface area (Å²) >= 11 is 0. The summed E-state index contributed by atoms with van der Waals surface area (Å²) in [4.78, 5) is 17.5. The molecule has 0 bridgehead atoms. The van der Waals surface area contributed by atoms with Crippen LogP contribution in [0.25, 0.3) is 0 Å². The van der Waals surface area contributed by atoms with Gasteiger partial charge >= 0.3 is 10.5 Å². The number of amides is 1. The standard InChI is InChI=1S/C13H19FN2O4S/c1-9(13(2,3)4)16(5)12(17)10-6-11(8-15-7-10)20-21(14,18)19/h6-9H,1-5H3. The lowest BCUT2D eigenvalue weighted by Gasteiger charge is -2.35. The van der Waals surface area contributed by atoms with Crippen LogP contribution in [0.2, 0.25) is 0 Å². The van der Waals surface area contributed by atoms with E-state index in [-0.39, 0.29) is 28.7 Å². The summed E-state index contributed by atoms with van der Waals surface area (Å²) in [5, 5.41) is 0. The third-order valence-electron chi connectivity index (χ3n) is 3.31. The minimum Gasteiger partial charge on any atom is -0.357 e. The van der Waals surface area contributed by atoms with Crippen molar-refractivity contribution in [2.24, 2.45) is 5.41 Å². The Kier molecular flexibility index (Phi) is 4.93. The van der Waals surface area contributed by atoms with Crippen LogP contribution in [0.4, 0.5) is 3.89 Å². The number of hydrogen-bond acceptors (Lipinski definition) is 5. The third-order valence-corrected chi connectivity index (χ3v) is 3.70. The monoisotopic (exact) mass is 318 g/mol. The van der Waals surface area contributed by atoms with Crippen molar-refractivity contribution in [2.45, 2.75) is 33.7 Å². The molecule has 1 atom stereocenters. The molecule has 0 N–H and O–H groups in total. The lowest BCUT2D eigenvalue weighted by molar-refractivity contribution is 0.0628. The Balaban J connectivity index is 3.01. The Morgan fingerprint density at radius 3 is 2.43 bits per heavy atom. The van der Waals surface area contributed by atoms with Gasteiger partial charge in [-0.05, 0) is 18.4 Å². The Bertz CT molecular complexity index is 625. The highest BCUT2D eigenvalue weighted by molar-refractivity contribution is 7.81. The van der Waals surface area contributed by atoms with Gasteiger partial charge in [-0.3, -0.25) is 9.78 Å². The Hall–Kier alpha value is -1.70. The zero-order valence-corrected chi connectivity index (χ0v) is 13.4. The number of carbonyl (C=O) groups excluding carboxylic acids is 1. The molecule has 0 spiro atoms. The summed E-state index contributed by atoms with van der Waals surface area (Å²) in [7, 11) is -3.51. The molecule has 1 rings (SSSR count). The predicted molar refractivity (Wildman–Crippen MR) is 75.9 cm³/mol. The van der Waals surface area contributed by atoms with Crippen LogP contribution in [0.3, 0.4) is 0 Å². The fourth-order valence-corrected chi connectivity index (χ4v) is 1.98. The van der Waals surface area contributed by atoms with Crippen molar-refractivity contribution >= 4 is 16.4 Å². The molecule has 0 aliphatic rings. The number of nitrogens with zero attached hydrogens (tertiary/aromatic N) is 2. The molecule has 0 saturated heterocycles. The molecule has 118 valence electrons. The number of rotatable bonds is 4. The molecule has 1 aromatic heterocycles. The smallest absolute Gasteiger partial charge is 0.357 e. The summed E-state index contributed by atoms with van der Waals surface area (Å²) in [6.07, 6.45) is 2.28. The van der Waals surface area contributed by atoms with Crippen LogP contribution < -0.4 is 4.18 Å². The average Bonchev–Trinajstić information content (AvgIpc) is 2.33. The molecule has 21 heavy (non-hydrogen) atoms. The Morgan fingerprint density at radius 2 is 1.95 bits per heavy atom. The van der Waals surface area contributed by atoms with Crippen LogP contribution in [-0.4, -0.2) is 37.3 Å². The molecule has 0 aromatic carbocycles. The van der Waals surface area contributed by atoms with Crippen LogP contribution in [0.1, 0.15) is 38.1 Å². The van der Waals surface area contributed by atoms with Crippen LogP contribution in [-0.2, 0) is 10.5 Å². The van der Waals surface area contributed by atoms with Crippen LogP contribution in [0, 0.1) is 5.41 Å². The highest BCUT2D eigenvalue weighted by Crippen LogP contribution is 2.24. The fraction of sp³-hybridized carbons (Fsp3) is 0.538. The molecule has 1 heterocycles. The highest BCUT2D eigenvalue weighted by Gasteiger charge is 2.28. The van der Waals surface area contributed by atoms with Gasteiger partial charge in [0.1, 0.15) is 0 Å². The minimum absolute atomic E-state index is 0.0699. The lowest BCUT2D eigenvalue weighted by Crippen LogP contribution is -2.43. The van der Waals surface area contributed by atoms with Gasteiger partial charge in [-0.25, -0.2) is 0 Å². The van der Waals surface area contributed by atoms with Crippen molar-refractivity contribution in [1.29, 1.82) is 0 Å². The van der Waals surface area contributed by atoms with E-state index in [1.807, 2.05) is 27.7 Å². The summed E-state index contributed by atoms with van der Waals surface area (Å²) < 4.78 is 37.4. The summed E-state index contributed by atoms with van der Waals surface area (Å²) in [6, 6.07) is 1.07. The van der Waals surface area contributed by atoms with Crippen LogP contribution >= 0.6 is 0 Å². The van der Waals surface area contributed by atoms with Gasteiger partial charge in [-0.15, -0.1) is 0 Å². The zero-order valence-electron chi connectivity index (χ0n) is 12.6. The van der Waals surface area contributed by atoms with Gasteiger partial charge in [0.15, 0.2) is 5.75 Å². The van der Waals surface area contributed by atoms with Gasteiger partial charge in [0.2, 0.25) is 0 Å². The summed E-state index contributed by atoms with van der Waals surface area (Å²) in [6.45, 7) is 7.89. The lowest BCUT2D eigenvalue weighted by atomic mass is 9.87. The van der Waals surface area contributed by atoms with Gasteiger partial charge in [0.25, 0.3) is 5.91 Å². The fourth-order valence-electron chi connectivity index (χ4n) is 1.66. The first-order valence-electron chi connectivity index (χ1n) is 6.28. The largest absolute Gasteiger partial charge is 0.488 e. The molecule has 0 radical (unpaired) electrons. The van der Waals surface area contributed by atoms with E-state index in [1.165, 1.54) is 11.1 Å². The average molecular weight is 318 g/mol. The first kappa shape index (κ1) is 17.4. The maximum absolute atomic E-state index is 12.5. The molecule has 0 aliphatic heterocycles. The molecule has 6 nitrogen and oxygen atoms in total.